The Hall–Kier alpha value is -2.51. The molecule has 3 atom stereocenters. The average Bonchev–Trinajstić information content (AvgIpc) is 3.48. The van der Waals surface area contributed by atoms with Gasteiger partial charge in [-0.25, -0.2) is 0 Å². The minimum Gasteiger partial charge on any atom is -0.454 e. The first-order valence-electron chi connectivity index (χ1n) is 14.3. The zero-order valence-corrected chi connectivity index (χ0v) is 21.8. The molecule has 2 saturated carbocycles. The van der Waals surface area contributed by atoms with E-state index in [0.717, 1.165) is 40.7 Å². The second-order valence-corrected chi connectivity index (χ2v) is 12.4. The van der Waals surface area contributed by atoms with E-state index in [1.807, 2.05) is 0 Å². The molecule has 0 N–H and O–H groups in total. The second kappa shape index (κ2) is 9.75. The standard InChI is InChI=1S/C32H41N2O2/c1-34(17-16-24-12-15-30-31(18-24)36-23-35-30)20-25-13-14-26(21-34)29(25)19-32(22-33,27-8-4-2-5-9-27)28-10-6-3-7-11-28/h2,4-5,8-9,12,15,18,25-26,28-29H,3,6-7,10-11,13-14,16-17,19-21,23H2,1H3/q+1. The molecule has 190 valence electrons. The largest absolute Gasteiger partial charge is 0.454 e. The van der Waals surface area contributed by atoms with E-state index in [-0.39, 0.29) is 5.41 Å². The summed E-state index contributed by atoms with van der Waals surface area (Å²) < 4.78 is 12.3. The van der Waals surface area contributed by atoms with Crippen molar-refractivity contribution in [3.05, 3.63) is 59.7 Å². The molecule has 2 aromatic carbocycles. The molecule has 3 fully saturated rings. The maximum Gasteiger partial charge on any atom is 0.231 e. The van der Waals surface area contributed by atoms with Crippen molar-refractivity contribution in [3.63, 3.8) is 0 Å². The molecular formula is C32H41N2O2+. The SMILES string of the molecule is C[N+]1(CCc2ccc3c(c2)OCO3)CC2CCC(C1)C2CC(C#N)(c1ccccc1)C1CCCCC1. The third-order valence-electron chi connectivity index (χ3n) is 10.2. The summed E-state index contributed by atoms with van der Waals surface area (Å²) in [5, 5.41) is 10.8. The van der Waals surface area contributed by atoms with E-state index < -0.39 is 0 Å². The number of ether oxygens (including phenoxy) is 2. The lowest BCUT2D eigenvalue weighted by atomic mass is 9.60. The van der Waals surface area contributed by atoms with E-state index in [0.29, 0.717) is 18.6 Å². The van der Waals surface area contributed by atoms with E-state index in [9.17, 15) is 5.26 Å². The van der Waals surface area contributed by atoms with E-state index in [4.69, 9.17) is 9.47 Å². The first-order valence-corrected chi connectivity index (χ1v) is 14.3. The summed E-state index contributed by atoms with van der Waals surface area (Å²) in [6.45, 7) is 4.02. The van der Waals surface area contributed by atoms with Crippen LogP contribution in [0.4, 0.5) is 0 Å². The summed E-state index contributed by atoms with van der Waals surface area (Å²) in [5.74, 6) is 4.44. The lowest BCUT2D eigenvalue weighted by molar-refractivity contribution is -0.920. The highest BCUT2D eigenvalue weighted by Gasteiger charge is 2.53. The van der Waals surface area contributed by atoms with E-state index in [1.165, 1.54) is 75.7 Å². The lowest BCUT2D eigenvalue weighted by Gasteiger charge is -2.48. The van der Waals surface area contributed by atoms with Crippen LogP contribution in [-0.4, -0.2) is 38.0 Å². The van der Waals surface area contributed by atoms with Gasteiger partial charge in [0.05, 0.1) is 38.2 Å². The van der Waals surface area contributed by atoms with Crippen molar-refractivity contribution < 1.29 is 14.0 Å². The number of nitrogens with zero attached hydrogens (tertiary/aromatic N) is 2. The molecule has 2 aliphatic heterocycles. The van der Waals surface area contributed by atoms with Crippen molar-refractivity contribution in [2.45, 2.75) is 63.2 Å². The quantitative estimate of drug-likeness (QED) is 0.421. The van der Waals surface area contributed by atoms with Crippen LogP contribution in [0, 0.1) is 35.0 Å². The van der Waals surface area contributed by atoms with Gasteiger partial charge in [0.15, 0.2) is 11.5 Å². The van der Waals surface area contributed by atoms with Gasteiger partial charge in [-0.3, -0.25) is 0 Å². The van der Waals surface area contributed by atoms with Crippen molar-refractivity contribution in [1.82, 2.24) is 0 Å². The van der Waals surface area contributed by atoms with Gasteiger partial charge in [0, 0.05) is 18.3 Å². The van der Waals surface area contributed by atoms with Crippen LogP contribution in [0.1, 0.15) is 62.5 Å². The molecule has 0 amide bonds. The summed E-state index contributed by atoms with van der Waals surface area (Å²) in [5.41, 5.74) is 2.31. The summed E-state index contributed by atoms with van der Waals surface area (Å²) >= 11 is 0. The van der Waals surface area contributed by atoms with Crippen molar-refractivity contribution in [2.75, 3.05) is 33.5 Å². The molecule has 0 aromatic heterocycles. The van der Waals surface area contributed by atoms with Crippen LogP contribution >= 0.6 is 0 Å². The number of piperidine rings is 1. The maximum absolute atomic E-state index is 10.8. The highest BCUT2D eigenvalue weighted by Crippen LogP contribution is 2.53. The average molecular weight is 486 g/mol. The Kier molecular flexibility index (Phi) is 6.46. The van der Waals surface area contributed by atoms with Crippen LogP contribution in [0.15, 0.2) is 48.5 Å². The fourth-order valence-electron chi connectivity index (χ4n) is 8.34. The van der Waals surface area contributed by atoms with Crippen LogP contribution in [0.25, 0.3) is 0 Å². The van der Waals surface area contributed by atoms with Crippen molar-refractivity contribution in [3.8, 4) is 17.6 Å². The van der Waals surface area contributed by atoms with Crippen molar-refractivity contribution in [2.24, 2.45) is 23.7 Å². The first kappa shape index (κ1) is 23.9. The summed E-state index contributed by atoms with van der Waals surface area (Å²) in [4.78, 5) is 0. The van der Waals surface area contributed by atoms with E-state index in [1.54, 1.807) is 0 Å². The summed E-state index contributed by atoms with van der Waals surface area (Å²) in [6.07, 6.45) is 11.2. The third-order valence-corrected chi connectivity index (χ3v) is 10.2. The second-order valence-electron chi connectivity index (χ2n) is 12.4. The van der Waals surface area contributed by atoms with E-state index in [2.05, 4.69) is 61.6 Å². The topological polar surface area (TPSA) is 42.2 Å². The Bertz CT molecular complexity index is 1090. The number of likely N-dealkylation sites (tertiary alicyclic amines) is 1. The van der Waals surface area contributed by atoms with Crippen LogP contribution < -0.4 is 9.47 Å². The highest BCUT2D eigenvalue weighted by atomic mass is 16.7. The molecular weight excluding hydrogens is 444 g/mol. The van der Waals surface area contributed by atoms with Crippen LogP contribution in [0.3, 0.4) is 0 Å². The van der Waals surface area contributed by atoms with Crippen LogP contribution in [0.2, 0.25) is 0 Å². The van der Waals surface area contributed by atoms with Crippen LogP contribution in [0.5, 0.6) is 11.5 Å². The minimum atomic E-state index is -0.319. The van der Waals surface area contributed by atoms with Gasteiger partial charge in [0.1, 0.15) is 0 Å². The van der Waals surface area contributed by atoms with E-state index >= 15 is 0 Å². The third kappa shape index (κ3) is 4.41. The Morgan fingerprint density at radius 1 is 0.917 bits per heavy atom. The number of rotatable bonds is 7. The van der Waals surface area contributed by atoms with Crippen molar-refractivity contribution in [1.29, 1.82) is 5.26 Å². The Morgan fingerprint density at radius 2 is 1.64 bits per heavy atom. The summed E-state index contributed by atoms with van der Waals surface area (Å²) in [6, 6.07) is 20.3. The van der Waals surface area contributed by atoms with Gasteiger partial charge in [0.25, 0.3) is 0 Å². The predicted molar refractivity (Wildman–Crippen MR) is 142 cm³/mol. The van der Waals surface area contributed by atoms with Gasteiger partial charge in [0.2, 0.25) is 6.79 Å². The van der Waals surface area contributed by atoms with Crippen molar-refractivity contribution >= 4 is 0 Å². The number of fused-ring (bicyclic) bond motifs is 3. The summed E-state index contributed by atoms with van der Waals surface area (Å²) in [7, 11) is 2.48. The van der Waals surface area contributed by atoms with Gasteiger partial charge in [-0.2, -0.15) is 5.26 Å². The molecule has 4 heteroatoms. The van der Waals surface area contributed by atoms with Crippen LogP contribution in [-0.2, 0) is 11.8 Å². The molecule has 1 saturated heterocycles. The number of hydrogen-bond donors (Lipinski definition) is 0. The number of quaternary nitrogens is 1. The molecule has 2 aliphatic carbocycles. The zero-order valence-electron chi connectivity index (χ0n) is 21.8. The monoisotopic (exact) mass is 485 g/mol. The van der Waals surface area contributed by atoms with Gasteiger partial charge in [-0.15, -0.1) is 0 Å². The lowest BCUT2D eigenvalue weighted by Crippen LogP contribution is -2.56. The van der Waals surface area contributed by atoms with Gasteiger partial charge in [-0.05, 0) is 67.2 Å². The molecule has 2 bridgehead atoms. The molecule has 6 rings (SSSR count). The molecule has 2 heterocycles. The molecule has 4 aliphatic rings. The van der Waals surface area contributed by atoms with Gasteiger partial charge < -0.3 is 14.0 Å². The highest BCUT2D eigenvalue weighted by molar-refractivity contribution is 5.44. The van der Waals surface area contributed by atoms with Gasteiger partial charge in [-0.1, -0.05) is 55.7 Å². The Balaban J connectivity index is 1.18. The minimum absolute atomic E-state index is 0.319. The maximum atomic E-state index is 10.8. The molecule has 0 radical (unpaired) electrons. The smallest absolute Gasteiger partial charge is 0.231 e. The number of likely N-dealkylation sites (N-methyl/N-ethyl adjacent to an activating group) is 1. The number of hydrogen-bond acceptors (Lipinski definition) is 3. The molecule has 4 nitrogen and oxygen atoms in total. The normalized spacial score (nSPS) is 31.1. The molecule has 2 aromatic rings. The number of benzene rings is 2. The zero-order chi connectivity index (χ0) is 24.6. The predicted octanol–water partition coefficient (Wildman–Crippen LogP) is 6.49. The molecule has 3 unspecified atom stereocenters. The molecule has 0 spiro atoms. The fraction of sp³-hybridized carbons (Fsp3) is 0.594. The Morgan fingerprint density at radius 3 is 2.36 bits per heavy atom. The number of nitriles is 1. The molecule has 36 heavy (non-hydrogen) atoms. The first-order chi connectivity index (χ1) is 17.6. The Labute approximate surface area is 216 Å². The fourth-order valence-corrected chi connectivity index (χ4v) is 8.34. The van der Waals surface area contributed by atoms with Gasteiger partial charge >= 0.3 is 0 Å².